The molecule has 0 fully saturated rings. The predicted molar refractivity (Wildman–Crippen MR) is 335 cm³/mol. The minimum Gasteiger partial charge on any atom is -0.458 e. The van der Waals surface area contributed by atoms with Crippen molar-refractivity contribution < 1.29 is 4.74 Å². The largest absolute Gasteiger partial charge is 0.458 e. The van der Waals surface area contributed by atoms with Gasteiger partial charge in [-0.3, -0.25) is 4.98 Å². The van der Waals surface area contributed by atoms with Crippen molar-refractivity contribution in [2.75, 3.05) is 19.6 Å². The number of nitrogens with zero attached hydrogens (tertiary/aromatic N) is 5. The van der Waals surface area contributed by atoms with Gasteiger partial charge in [-0.1, -0.05) is 152 Å². The van der Waals surface area contributed by atoms with Crippen molar-refractivity contribution >= 4 is 110 Å². The summed E-state index contributed by atoms with van der Waals surface area (Å²) in [5.41, 5.74) is 21.9. The summed E-state index contributed by atoms with van der Waals surface area (Å²) in [4.78, 5) is 15.6. The first-order valence-electron chi connectivity index (χ1n) is 27.5. The Balaban J connectivity index is 0.968. The van der Waals surface area contributed by atoms with Gasteiger partial charge in [-0.05, 0) is 154 Å². The smallest absolute Gasteiger partial charge is 0.255 e. The van der Waals surface area contributed by atoms with E-state index in [1.54, 1.807) is 0 Å². The fourth-order valence-electron chi connectivity index (χ4n) is 13.3. The fraction of sp³-hybridized carbons (Fsp3) is 0.0282. The zero-order valence-electron chi connectivity index (χ0n) is 43.5. The molecule has 1 aromatic heterocycles. The lowest BCUT2D eigenvalue weighted by Gasteiger charge is -2.49. The van der Waals surface area contributed by atoms with Gasteiger partial charge in [0.25, 0.3) is 6.71 Å². The maximum Gasteiger partial charge on any atom is 0.255 e. The molecule has 1 aliphatic carbocycles. The maximum atomic E-state index is 7.26. The van der Waals surface area contributed by atoms with Gasteiger partial charge in [0.2, 0.25) is 6.71 Å². The minimum atomic E-state index is -0.115. The van der Waals surface area contributed by atoms with Crippen LogP contribution in [0.2, 0.25) is 5.82 Å². The van der Waals surface area contributed by atoms with Gasteiger partial charge in [0, 0.05) is 91.1 Å². The van der Waals surface area contributed by atoms with Crippen LogP contribution in [0.5, 0.6) is 11.5 Å². The van der Waals surface area contributed by atoms with Crippen molar-refractivity contribution in [3.8, 4) is 22.6 Å². The number of rotatable bonds is 9. The first-order valence-corrected chi connectivity index (χ1v) is 28.4. The van der Waals surface area contributed by atoms with Crippen LogP contribution < -0.4 is 46.2 Å². The molecule has 5 aliphatic rings. The molecule has 376 valence electrons. The van der Waals surface area contributed by atoms with Gasteiger partial charge in [-0.25, -0.2) is 0 Å². The summed E-state index contributed by atoms with van der Waals surface area (Å²) >= 11 is 2.01. The quantitative estimate of drug-likeness (QED) is 0.133. The molecule has 5 heterocycles. The SMILES string of the molecule is C1=C2B3c4ccccc4Oc4cc(N(c5ccccc5)c5ccccc5)cc(c43)N(c3ccccc3-c3ccncc3)C2=CC2Sc3cc(N(c4ccccc4)c4ccccc4)cc4c3B(c3ccccc3N4c3ccccc3)C12. The Morgan fingerprint density at radius 3 is 1.59 bits per heavy atom. The van der Waals surface area contributed by atoms with Crippen LogP contribution in [0.3, 0.4) is 0 Å². The number of aromatic nitrogens is 1. The summed E-state index contributed by atoms with van der Waals surface area (Å²) in [7, 11) is 0. The number of anilines is 11. The number of hydrogen-bond acceptors (Lipinski definition) is 7. The Morgan fingerprint density at radius 2 is 0.950 bits per heavy atom. The van der Waals surface area contributed by atoms with E-state index in [4.69, 9.17) is 4.74 Å². The standard InChI is InChI=1S/C71H49B2N5OS/c1-6-22-49(23-7-1)75(50-24-8-2-9-25-50)54-42-64-70-67(44-54)79-66-37-21-18-34-58(66)73(70)59-46-60-68(47-63(59)78(64)61-35-19-16-32-56(61)48-38-40-74-41-39-48)80-69-45-55(76(51-26-10-3-11-27-51)52-28-12-4-13-29-52)43-65-71(69)72(60)57-33-17-20-36-62(57)77(65)53-30-14-5-15-31-53/h1-47,60,68H. The number of benzene rings is 10. The first kappa shape index (κ1) is 46.4. The lowest BCUT2D eigenvalue weighted by molar-refractivity contribution is 0.487. The van der Waals surface area contributed by atoms with Gasteiger partial charge in [-0.2, -0.15) is 0 Å². The van der Waals surface area contributed by atoms with E-state index in [9.17, 15) is 0 Å². The average Bonchev–Trinajstić information content (AvgIpc) is 3.71. The summed E-state index contributed by atoms with van der Waals surface area (Å²) in [6.45, 7) is -0.0690. The zero-order valence-corrected chi connectivity index (χ0v) is 44.3. The molecule has 9 heteroatoms. The molecule has 0 bridgehead atoms. The topological polar surface area (TPSA) is 35.1 Å². The number of allylic oxidation sites excluding steroid dienone is 2. The predicted octanol–water partition coefficient (Wildman–Crippen LogP) is 15.9. The molecule has 16 rings (SSSR count). The summed E-state index contributed by atoms with van der Waals surface area (Å²) in [6, 6.07) is 94.6. The number of hydrogen-bond donors (Lipinski definition) is 0. The number of thioether (sulfide) groups is 1. The summed E-state index contributed by atoms with van der Waals surface area (Å²) < 4.78 is 7.26. The van der Waals surface area contributed by atoms with E-state index in [-0.39, 0.29) is 24.5 Å². The average molecular weight is 1040 g/mol. The van der Waals surface area contributed by atoms with Gasteiger partial charge in [0.05, 0.1) is 11.4 Å². The van der Waals surface area contributed by atoms with E-state index >= 15 is 0 Å². The Hall–Kier alpha value is -9.69. The number of fused-ring (bicyclic) bond motifs is 8. The summed E-state index contributed by atoms with van der Waals surface area (Å²) in [6.07, 6.45) is 9.13. The number of para-hydroxylation sites is 8. The van der Waals surface area contributed by atoms with E-state index in [2.05, 4.69) is 298 Å². The van der Waals surface area contributed by atoms with Gasteiger partial charge in [0.1, 0.15) is 11.5 Å². The molecule has 6 nitrogen and oxygen atoms in total. The van der Waals surface area contributed by atoms with Crippen molar-refractivity contribution in [2.24, 2.45) is 0 Å². The lowest BCUT2D eigenvalue weighted by Crippen LogP contribution is -2.59. The first-order chi connectivity index (χ1) is 39.7. The van der Waals surface area contributed by atoms with Crippen molar-refractivity contribution in [1.29, 1.82) is 0 Å². The summed E-state index contributed by atoms with van der Waals surface area (Å²) in [5.74, 6) is 1.83. The van der Waals surface area contributed by atoms with E-state index in [1.807, 2.05) is 24.2 Å². The zero-order chi connectivity index (χ0) is 52.7. The number of ether oxygens (including phenoxy) is 1. The molecule has 0 radical (unpaired) electrons. The molecule has 2 atom stereocenters. The molecule has 10 aromatic carbocycles. The number of pyridine rings is 1. The Morgan fingerprint density at radius 1 is 0.425 bits per heavy atom. The van der Waals surface area contributed by atoms with Crippen LogP contribution in [-0.2, 0) is 0 Å². The van der Waals surface area contributed by atoms with Crippen LogP contribution in [0.1, 0.15) is 0 Å². The molecule has 2 unspecified atom stereocenters. The van der Waals surface area contributed by atoms with Crippen molar-refractivity contribution in [2.45, 2.75) is 16.0 Å². The Labute approximate surface area is 471 Å². The van der Waals surface area contributed by atoms with Crippen LogP contribution in [0.4, 0.5) is 62.6 Å². The monoisotopic (exact) mass is 1040 g/mol. The highest BCUT2D eigenvalue weighted by atomic mass is 32.2. The van der Waals surface area contributed by atoms with E-state index in [0.717, 1.165) is 79.3 Å². The third-order valence-corrected chi connectivity index (χ3v) is 17.9. The molecule has 11 aromatic rings. The third-order valence-electron chi connectivity index (χ3n) is 16.5. The minimum absolute atomic E-state index is 0.0462. The molecule has 0 N–H and O–H groups in total. The van der Waals surface area contributed by atoms with Crippen LogP contribution in [0, 0.1) is 0 Å². The van der Waals surface area contributed by atoms with E-state index < -0.39 is 0 Å². The molecule has 0 amide bonds. The van der Waals surface area contributed by atoms with E-state index in [1.165, 1.54) is 43.8 Å². The summed E-state index contributed by atoms with van der Waals surface area (Å²) in [5, 5.41) is 0.0487. The van der Waals surface area contributed by atoms with E-state index in [0.29, 0.717) is 0 Å². The third kappa shape index (κ3) is 7.49. The van der Waals surface area contributed by atoms with Crippen molar-refractivity contribution in [1.82, 2.24) is 4.98 Å². The molecular formula is C71H49B2N5OS. The molecule has 0 spiro atoms. The molecule has 4 aliphatic heterocycles. The molecular weight excluding hydrogens is 993 g/mol. The second kappa shape index (κ2) is 19.0. The molecule has 80 heavy (non-hydrogen) atoms. The second-order valence-corrected chi connectivity index (χ2v) is 22.2. The van der Waals surface area contributed by atoms with Gasteiger partial charge in [-0.15, -0.1) is 11.8 Å². The second-order valence-electron chi connectivity index (χ2n) is 21.0. The molecule has 0 saturated carbocycles. The van der Waals surface area contributed by atoms with Crippen molar-refractivity contribution in [3.63, 3.8) is 0 Å². The van der Waals surface area contributed by atoms with Gasteiger partial charge < -0.3 is 24.3 Å². The maximum absolute atomic E-state index is 7.26. The van der Waals surface area contributed by atoms with Crippen molar-refractivity contribution in [3.05, 3.63) is 297 Å². The van der Waals surface area contributed by atoms with Crippen LogP contribution in [0.15, 0.2) is 301 Å². The van der Waals surface area contributed by atoms with Gasteiger partial charge in [0.15, 0.2) is 0 Å². The Bertz CT molecular complexity index is 4170. The van der Waals surface area contributed by atoms with Crippen LogP contribution in [-0.4, -0.2) is 23.7 Å². The van der Waals surface area contributed by atoms with Crippen LogP contribution in [0.25, 0.3) is 11.1 Å². The Kier molecular flexibility index (Phi) is 11.0. The van der Waals surface area contributed by atoms with Gasteiger partial charge >= 0.3 is 0 Å². The van der Waals surface area contributed by atoms with Crippen LogP contribution >= 0.6 is 11.8 Å². The highest BCUT2D eigenvalue weighted by Crippen LogP contribution is 2.56. The fourth-order valence-corrected chi connectivity index (χ4v) is 14.7. The lowest BCUT2D eigenvalue weighted by atomic mass is 9.28. The normalized spacial score (nSPS) is 15.8. The highest BCUT2D eigenvalue weighted by Gasteiger charge is 2.52. The molecule has 0 saturated heterocycles. The highest BCUT2D eigenvalue weighted by molar-refractivity contribution is 8.00.